The molecule has 1 fully saturated rings. The highest BCUT2D eigenvalue weighted by Gasteiger charge is 2.34. The second-order valence-corrected chi connectivity index (χ2v) is 4.16. The second-order valence-electron chi connectivity index (χ2n) is 3.80. The number of nitrogens with two attached hydrogens (primary N) is 1. The molecule has 1 aromatic rings. The Morgan fingerprint density at radius 1 is 1.73 bits per heavy atom. The number of hydrogen-bond donors (Lipinski definition) is 2. The van der Waals surface area contributed by atoms with Crippen LogP contribution in [0.15, 0.2) is 0 Å². The van der Waals surface area contributed by atoms with Crippen molar-refractivity contribution in [3.05, 3.63) is 16.4 Å². The zero-order valence-corrected chi connectivity index (χ0v) is 9.03. The summed E-state index contributed by atoms with van der Waals surface area (Å²) in [6.07, 6.45) is 2.07. The van der Waals surface area contributed by atoms with Crippen molar-refractivity contribution in [1.29, 1.82) is 0 Å². The first-order chi connectivity index (χ1) is 7.02. The average Bonchev–Trinajstić information content (AvgIpc) is 2.95. The summed E-state index contributed by atoms with van der Waals surface area (Å²) in [6, 6.07) is -1.08. The summed E-state index contributed by atoms with van der Waals surface area (Å²) in [4.78, 5) is 10.8. The summed E-state index contributed by atoms with van der Waals surface area (Å²) in [5.41, 5.74) is 6.80. The lowest BCUT2D eigenvalue weighted by Gasteiger charge is -2.06. The summed E-state index contributed by atoms with van der Waals surface area (Å²) in [7, 11) is 1.69. The van der Waals surface area contributed by atoms with Crippen LogP contribution in [0.4, 0.5) is 0 Å². The van der Waals surface area contributed by atoms with Gasteiger partial charge in [-0.25, -0.2) is 0 Å². The van der Waals surface area contributed by atoms with Crippen molar-refractivity contribution in [2.75, 3.05) is 0 Å². The van der Waals surface area contributed by atoms with Gasteiger partial charge in [0.15, 0.2) is 0 Å². The maximum Gasteiger partial charge on any atom is 0.325 e. The molecule has 0 radical (unpaired) electrons. The van der Waals surface area contributed by atoms with Crippen LogP contribution in [0.2, 0.25) is 5.15 Å². The molecule has 0 aromatic carbocycles. The fourth-order valence-corrected chi connectivity index (χ4v) is 1.86. The van der Waals surface area contributed by atoms with Gasteiger partial charge in [0, 0.05) is 18.5 Å². The third-order valence-corrected chi connectivity index (χ3v) is 3.03. The molecule has 1 saturated carbocycles. The molecule has 6 heteroatoms. The predicted octanol–water partition coefficient (Wildman–Crippen LogP) is 1.04. The van der Waals surface area contributed by atoms with Crippen LogP contribution in [0.3, 0.4) is 0 Å². The SMILES string of the molecule is Cn1nc(C2CC2)c(C(N)C(=O)O)c1Cl. The first-order valence-corrected chi connectivity index (χ1v) is 5.10. The van der Waals surface area contributed by atoms with E-state index in [1.807, 2.05) is 0 Å². The maximum atomic E-state index is 10.8. The molecular weight excluding hydrogens is 218 g/mol. The number of carboxylic acid groups (broad SMARTS) is 1. The predicted molar refractivity (Wildman–Crippen MR) is 54.8 cm³/mol. The lowest BCUT2D eigenvalue weighted by molar-refractivity contribution is -0.138. The van der Waals surface area contributed by atoms with Crippen molar-refractivity contribution in [3.63, 3.8) is 0 Å². The van der Waals surface area contributed by atoms with Gasteiger partial charge in [0.05, 0.1) is 5.69 Å². The van der Waals surface area contributed by atoms with Gasteiger partial charge in [-0.2, -0.15) is 5.10 Å². The van der Waals surface area contributed by atoms with E-state index in [1.54, 1.807) is 7.05 Å². The first-order valence-electron chi connectivity index (χ1n) is 4.73. The molecule has 0 bridgehead atoms. The third-order valence-electron chi connectivity index (χ3n) is 2.58. The lowest BCUT2D eigenvalue weighted by atomic mass is 10.1. The number of rotatable bonds is 3. The van der Waals surface area contributed by atoms with Crippen LogP contribution < -0.4 is 5.73 Å². The van der Waals surface area contributed by atoms with Crippen LogP contribution in [-0.4, -0.2) is 20.9 Å². The fraction of sp³-hybridized carbons (Fsp3) is 0.556. The van der Waals surface area contributed by atoms with Crippen LogP contribution in [0.1, 0.15) is 36.1 Å². The smallest absolute Gasteiger partial charge is 0.325 e. The van der Waals surface area contributed by atoms with E-state index in [0.717, 1.165) is 18.5 Å². The Kier molecular flexibility index (Phi) is 2.44. The van der Waals surface area contributed by atoms with Crippen molar-refractivity contribution >= 4 is 17.6 Å². The Labute approximate surface area is 91.8 Å². The molecule has 1 unspecified atom stereocenters. The molecule has 1 heterocycles. The molecule has 1 atom stereocenters. The largest absolute Gasteiger partial charge is 0.480 e. The minimum Gasteiger partial charge on any atom is -0.480 e. The molecule has 5 nitrogen and oxygen atoms in total. The Hall–Kier alpha value is -1.07. The molecule has 2 rings (SSSR count). The number of carbonyl (C=O) groups is 1. The number of hydrogen-bond acceptors (Lipinski definition) is 3. The Morgan fingerprint density at radius 2 is 2.33 bits per heavy atom. The van der Waals surface area contributed by atoms with Crippen molar-refractivity contribution < 1.29 is 9.90 Å². The van der Waals surface area contributed by atoms with E-state index < -0.39 is 12.0 Å². The molecule has 0 aliphatic heterocycles. The van der Waals surface area contributed by atoms with Gasteiger partial charge in [0.25, 0.3) is 0 Å². The minimum absolute atomic E-state index is 0.326. The molecule has 1 aliphatic rings. The Bertz CT molecular complexity index is 412. The molecule has 82 valence electrons. The molecule has 0 amide bonds. The number of aromatic nitrogens is 2. The van der Waals surface area contributed by atoms with Crippen LogP contribution in [0.25, 0.3) is 0 Å². The van der Waals surface area contributed by atoms with E-state index in [-0.39, 0.29) is 0 Å². The monoisotopic (exact) mass is 229 g/mol. The van der Waals surface area contributed by atoms with Gasteiger partial charge >= 0.3 is 5.97 Å². The fourth-order valence-electron chi connectivity index (χ4n) is 1.61. The zero-order valence-electron chi connectivity index (χ0n) is 8.27. The van der Waals surface area contributed by atoms with Gasteiger partial charge in [-0.05, 0) is 12.8 Å². The number of aryl methyl sites for hydroxylation is 1. The zero-order chi connectivity index (χ0) is 11.2. The van der Waals surface area contributed by atoms with Crippen molar-refractivity contribution in [2.45, 2.75) is 24.8 Å². The molecule has 1 aromatic heterocycles. The molecule has 0 saturated heterocycles. The summed E-state index contributed by atoms with van der Waals surface area (Å²) in [5, 5.41) is 13.4. The van der Waals surface area contributed by atoms with Gasteiger partial charge < -0.3 is 10.8 Å². The van der Waals surface area contributed by atoms with Gasteiger partial charge in [-0.15, -0.1) is 0 Å². The van der Waals surface area contributed by atoms with E-state index >= 15 is 0 Å². The van der Waals surface area contributed by atoms with E-state index in [0.29, 0.717) is 16.6 Å². The van der Waals surface area contributed by atoms with Crippen LogP contribution >= 0.6 is 11.6 Å². The maximum absolute atomic E-state index is 10.8. The van der Waals surface area contributed by atoms with Crippen LogP contribution in [0, 0.1) is 0 Å². The Balaban J connectivity index is 2.46. The third kappa shape index (κ3) is 1.72. The second kappa shape index (κ2) is 3.50. The first kappa shape index (κ1) is 10.4. The summed E-state index contributed by atoms with van der Waals surface area (Å²) in [6.45, 7) is 0. The van der Waals surface area contributed by atoms with Crippen LogP contribution in [-0.2, 0) is 11.8 Å². The molecule has 15 heavy (non-hydrogen) atoms. The lowest BCUT2D eigenvalue weighted by Crippen LogP contribution is -2.21. The van der Waals surface area contributed by atoms with Crippen molar-refractivity contribution in [1.82, 2.24) is 9.78 Å². The summed E-state index contributed by atoms with van der Waals surface area (Å²) < 4.78 is 1.48. The average molecular weight is 230 g/mol. The molecular formula is C9H12ClN3O2. The van der Waals surface area contributed by atoms with Gasteiger partial charge in [0.1, 0.15) is 11.2 Å². The molecule has 0 spiro atoms. The highest BCUT2D eigenvalue weighted by Crippen LogP contribution is 2.43. The topological polar surface area (TPSA) is 81.1 Å². The highest BCUT2D eigenvalue weighted by atomic mass is 35.5. The van der Waals surface area contributed by atoms with Crippen molar-refractivity contribution in [2.24, 2.45) is 12.8 Å². The summed E-state index contributed by atoms with van der Waals surface area (Å²) in [5.74, 6) is -0.740. The van der Waals surface area contributed by atoms with E-state index in [4.69, 9.17) is 22.4 Å². The van der Waals surface area contributed by atoms with E-state index in [1.165, 1.54) is 4.68 Å². The normalized spacial score (nSPS) is 17.8. The van der Waals surface area contributed by atoms with E-state index in [9.17, 15) is 4.79 Å². The van der Waals surface area contributed by atoms with Gasteiger partial charge in [-0.1, -0.05) is 11.6 Å². The minimum atomic E-state index is -1.08. The molecule has 1 aliphatic carbocycles. The van der Waals surface area contributed by atoms with Crippen LogP contribution in [0.5, 0.6) is 0 Å². The standard InChI is InChI=1S/C9H12ClN3O2/c1-13-8(10)5(6(11)9(14)15)7(12-13)4-2-3-4/h4,6H,2-3,11H2,1H3,(H,14,15). The molecule has 3 N–H and O–H groups in total. The number of carboxylic acids is 1. The van der Waals surface area contributed by atoms with E-state index in [2.05, 4.69) is 5.10 Å². The Morgan fingerprint density at radius 3 is 2.80 bits per heavy atom. The number of nitrogens with zero attached hydrogens (tertiary/aromatic N) is 2. The quantitative estimate of drug-likeness (QED) is 0.811. The summed E-state index contributed by atoms with van der Waals surface area (Å²) >= 11 is 5.98. The van der Waals surface area contributed by atoms with Gasteiger partial charge in [0.2, 0.25) is 0 Å². The number of halogens is 1. The number of aliphatic carboxylic acids is 1. The van der Waals surface area contributed by atoms with Crippen molar-refractivity contribution in [3.8, 4) is 0 Å². The highest BCUT2D eigenvalue weighted by molar-refractivity contribution is 6.30. The van der Waals surface area contributed by atoms with Gasteiger partial charge in [-0.3, -0.25) is 9.48 Å².